The summed E-state index contributed by atoms with van der Waals surface area (Å²) >= 11 is 1.32. The van der Waals surface area contributed by atoms with Gasteiger partial charge < -0.3 is 9.47 Å². The number of nitrogens with zero attached hydrogens (tertiary/aromatic N) is 3. The first-order chi connectivity index (χ1) is 16.0. The molecule has 0 saturated carbocycles. The fourth-order valence-corrected chi connectivity index (χ4v) is 4.16. The number of aromatic nitrogens is 1. The van der Waals surface area contributed by atoms with E-state index in [1.807, 2.05) is 35.8 Å². The van der Waals surface area contributed by atoms with E-state index < -0.39 is 0 Å². The van der Waals surface area contributed by atoms with Gasteiger partial charge in [-0.2, -0.15) is 5.10 Å². The van der Waals surface area contributed by atoms with E-state index in [9.17, 15) is 9.59 Å². The third-order valence-electron chi connectivity index (χ3n) is 5.00. The molecule has 0 atom stereocenters. The number of hydrogen-bond donors (Lipinski definition) is 0. The minimum absolute atomic E-state index is 0.229. The molecule has 3 aromatic rings. The molecule has 8 heteroatoms. The van der Waals surface area contributed by atoms with Crippen molar-refractivity contribution in [3.8, 4) is 17.2 Å². The highest BCUT2D eigenvalue weighted by atomic mass is 32.1. The molecule has 0 aliphatic heterocycles. The standard InChI is InChI=1S/C25H21N3O4S/c1-16-4-6-18(7-5-16)28-22(21-13-19(29)8-10-23(21)30)15-33-25(28)27-26-14-17-12-20(31-2)9-11-24(17)32-3/h4-15H,1-3H3/b26-14+,27-25-. The van der Waals surface area contributed by atoms with Crippen LogP contribution in [0.2, 0.25) is 0 Å². The van der Waals surface area contributed by atoms with Crippen molar-refractivity contribution < 1.29 is 19.1 Å². The molecule has 7 nitrogen and oxygen atoms in total. The van der Waals surface area contributed by atoms with Crippen molar-refractivity contribution in [1.82, 2.24) is 4.57 Å². The van der Waals surface area contributed by atoms with Gasteiger partial charge in [0.25, 0.3) is 0 Å². The van der Waals surface area contributed by atoms with E-state index >= 15 is 0 Å². The van der Waals surface area contributed by atoms with Gasteiger partial charge in [0.2, 0.25) is 4.80 Å². The highest BCUT2D eigenvalue weighted by Gasteiger charge is 2.20. The van der Waals surface area contributed by atoms with Gasteiger partial charge in [0, 0.05) is 16.6 Å². The lowest BCUT2D eigenvalue weighted by Gasteiger charge is -2.12. The predicted molar refractivity (Wildman–Crippen MR) is 128 cm³/mol. The second-order valence-electron chi connectivity index (χ2n) is 7.18. The second kappa shape index (κ2) is 9.62. The van der Waals surface area contributed by atoms with Crippen LogP contribution in [0.5, 0.6) is 11.5 Å². The fourth-order valence-electron chi connectivity index (χ4n) is 3.30. The molecule has 0 bridgehead atoms. The Hall–Kier alpha value is -4.04. The molecule has 4 rings (SSSR count). The summed E-state index contributed by atoms with van der Waals surface area (Å²) < 4.78 is 12.5. The number of rotatable bonds is 6. The number of thiazole rings is 1. The average Bonchev–Trinajstić information content (AvgIpc) is 3.24. The highest BCUT2D eigenvalue weighted by molar-refractivity contribution is 7.07. The lowest BCUT2D eigenvalue weighted by Crippen LogP contribution is -2.18. The van der Waals surface area contributed by atoms with E-state index in [1.54, 1.807) is 44.0 Å². The van der Waals surface area contributed by atoms with Crippen molar-refractivity contribution >= 4 is 34.7 Å². The molecule has 33 heavy (non-hydrogen) atoms. The Morgan fingerprint density at radius 3 is 2.52 bits per heavy atom. The van der Waals surface area contributed by atoms with Crippen LogP contribution in [0.3, 0.4) is 0 Å². The lowest BCUT2D eigenvalue weighted by atomic mass is 10.0. The van der Waals surface area contributed by atoms with Crippen molar-refractivity contribution in [2.75, 3.05) is 14.2 Å². The fraction of sp³-hybridized carbons (Fsp3) is 0.120. The molecule has 0 fully saturated rings. The number of ether oxygens (including phenoxy) is 2. The molecule has 1 aromatic heterocycles. The van der Waals surface area contributed by atoms with Crippen molar-refractivity contribution in [2.45, 2.75) is 6.92 Å². The van der Waals surface area contributed by atoms with E-state index in [4.69, 9.17) is 9.47 Å². The largest absolute Gasteiger partial charge is 0.497 e. The molecule has 0 radical (unpaired) electrons. The Kier molecular flexibility index (Phi) is 6.46. The molecule has 1 aliphatic rings. The summed E-state index contributed by atoms with van der Waals surface area (Å²) in [4.78, 5) is 25.0. The number of carbonyl (C=O) groups excluding carboxylic acids is 2. The molecule has 0 N–H and O–H groups in total. The van der Waals surface area contributed by atoms with Crippen LogP contribution in [-0.2, 0) is 9.59 Å². The van der Waals surface area contributed by atoms with Crippen LogP contribution in [0.4, 0.5) is 0 Å². The van der Waals surface area contributed by atoms with Crippen molar-refractivity contribution in [3.63, 3.8) is 0 Å². The number of benzene rings is 2. The molecule has 1 aliphatic carbocycles. The van der Waals surface area contributed by atoms with Crippen LogP contribution in [0.25, 0.3) is 11.3 Å². The normalized spacial score (nSPS) is 14.2. The lowest BCUT2D eigenvalue weighted by molar-refractivity contribution is -0.113. The summed E-state index contributed by atoms with van der Waals surface area (Å²) in [6.07, 6.45) is 5.49. The third kappa shape index (κ3) is 4.75. The number of ketones is 2. The van der Waals surface area contributed by atoms with Gasteiger partial charge in [0.1, 0.15) is 11.5 Å². The minimum Gasteiger partial charge on any atom is -0.497 e. The maximum absolute atomic E-state index is 12.5. The monoisotopic (exact) mass is 459 g/mol. The topological polar surface area (TPSA) is 82.2 Å². The van der Waals surface area contributed by atoms with E-state index in [-0.39, 0.29) is 11.6 Å². The quantitative estimate of drug-likeness (QED) is 0.318. The van der Waals surface area contributed by atoms with Gasteiger partial charge in [-0.1, -0.05) is 17.7 Å². The summed E-state index contributed by atoms with van der Waals surface area (Å²) in [6, 6.07) is 13.2. The summed E-state index contributed by atoms with van der Waals surface area (Å²) in [5.41, 5.74) is 3.52. The van der Waals surface area contributed by atoms with Crippen LogP contribution >= 0.6 is 11.3 Å². The van der Waals surface area contributed by atoms with Gasteiger partial charge in [0.15, 0.2) is 11.6 Å². The molecule has 166 valence electrons. The Morgan fingerprint density at radius 2 is 1.79 bits per heavy atom. The maximum Gasteiger partial charge on any atom is 0.215 e. The Balaban J connectivity index is 1.82. The average molecular weight is 460 g/mol. The predicted octanol–water partition coefficient (Wildman–Crippen LogP) is 3.89. The zero-order valence-electron chi connectivity index (χ0n) is 18.3. The van der Waals surface area contributed by atoms with Gasteiger partial charge in [-0.15, -0.1) is 16.4 Å². The first kappa shape index (κ1) is 22.2. The molecule has 0 saturated heterocycles. The summed E-state index contributed by atoms with van der Waals surface area (Å²) in [7, 11) is 3.17. The summed E-state index contributed by atoms with van der Waals surface area (Å²) in [5, 5.41) is 10.5. The Bertz CT molecular complexity index is 1380. The number of hydrogen-bond acceptors (Lipinski definition) is 7. The number of carbonyl (C=O) groups is 2. The smallest absolute Gasteiger partial charge is 0.215 e. The third-order valence-corrected chi connectivity index (χ3v) is 5.82. The van der Waals surface area contributed by atoms with Gasteiger partial charge in [-0.05, 0) is 55.5 Å². The SMILES string of the molecule is COc1ccc(OC)c(/C=N/N=c2\scc(C3=CC(=O)C=CC3=O)n2-c2ccc(C)cc2)c1. The Labute approximate surface area is 194 Å². The molecule has 0 unspecified atom stereocenters. The van der Waals surface area contributed by atoms with E-state index in [1.165, 1.54) is 29.6 Å². The number of aryl methyl sites for hydroxylation is 1. The van der Waals surface area contributed by atoms with Crippen LogP contribution in [0, 0.1) is 6.92 Å². The zero-order chi connectivity index (χ0) is 23.4. The maximum atomic E-state index is 12.5. The van der Waals surface area contributed by atoms with Crippen molar-refractivity contribution in [1.29, 1.82) is 0 Å². The first-order valence-corrected chi connectivity index (χ1v) is 10.9. The number of methoxy groups -OCH3 is 2. The van der Waals surface area contributed by atoms with Gasteiger partial charge in [-0.25, -0.2) is 0 Å². The van der Waals surface area contributed by atoms with Crippen molar-refractivity contribution in [3.05, 3.63) is 87.7 Å². The summed E-state index contributed by atoms with van der Waals surface area (Å²) in [6.45, 7) is 2.00. The molecule has 0 spiro atoms. The molecular weight excluding hydrogens is 438 g/mol. The van der Waals surface area contributed by atoms with Crippen molar-refractivity contribution in [2.24, 2.45) is 10.2 Å². The van der Waals surface area contributed by atoms with Crippen LogP contribution in [0.1, 0.15) is 16.8 Å². The van der Waals surface area contributed by atoms with E-state index in [0.717, 1.165) is 11.3 Å². The first-order valence-electron chi connectivity index (χ1n) is 10.1. The zero-order valence-corrected chi connectivity index (χ0v) is 19.1. The summed E-state index contributed by atoms with van der Waals surface area (Å²) in [5.74, 6) is 0.847. The van der Waals surface area contributed by atoms with Crippen LogP contribution in [0.15, 0.2) is 76.3 Å². The number of allylic oxidation sites excluding steroid dienone is 4. The molecule has 2 aromatic carbocycles. The molecular formula is C25H21N3O4S. The van der Waals surface area contributed by atoms with Crippen LogP contribution < -0.4 is 14.3 Å². The second-order valence-corrected chi connectivity index (χ2v) is 8.02. The Morgan fingerprint density at radius 1 is 1.00 bits per heavy atom. The van der Waals surface area contributed by atoms with E-state index in [0.29, 0.717) is 33.1 Å². The van der Waals surface area contributed by atoms with Gasteiger partial charge in [-0.3, -0.25) is 14.2 Å². The van der Waals surface area contributed by atoms with Gasteiger partial charge >= 0.3 is 0 Å². The highest BCUT2D eigenvalue weighted by Crippen LogP contribution is 2.24. The van der Waals surface area contributed by atoms with E-state index in [2.05, 4.69) is 10.2 Å². The van der Waals surface area contributed by atoms with Gasteiger partial charge in [0.05, 0.1) is 31.7 Å². The van der Waals surface area contributed by atoms with Crippen LogP contribution in [-0.4, -0.2) is 36.6 Å². The molecule has 0 amide bonds. The minimum atomic E-state index is -0.232. The molecule has 1 heterocycles.